The molecule has 1 unspecified atom stereocenters. The maximum Gasteiger partial charge on any atom is 0.199 e. The highest BCUT2D eigenvalue weighted by atomic mass is 79.9. The number of anilines is 2. The second-order valence-electron chi connectivity index (χ2n) is 8.77. The van der Waals surface area contributed by atoms with Crippen LogP contribution in [0.3, 0.4) is 0 Å². The summed E-state index contributed by atoms with van der Waals surface area (Å²) in [5, 5.41) is 28.2. The van der Waals surface area contributed by atoms with Crippen molar-refractivity contribution in [2.45, 2.75) is 36.4 Å². The molecule has 1 saturated heterocycles. The number of nitrogen functional groups attached to an aromatic ring is 1. The second kappa shape index (κ2) is 7.51. The molecule has 1 saturated carbocycles. The predicted molar refractivity (Wildman–Crippen MR) is 129 cm³/mol. The van der Waals surface area contributed by atoms with Crippen LogP contribution in [0.4, 0.5) is 11.6 Å². The minimum atomic E-state index is -1.71. The Balaban J connectivity index is 1.31. The van der Waals surface area contributed by atoms with Crippen molar-refractivity contribution in [3.8, 4) is 5.75 Å². The summed E-state index contributed by atoms with van der Waals surface area (Å²) in [4.78, 5) is 13.0. The van der Waals surface area contributed by atoms with E-state index in [1.54, 1.807) is 17.8 Å². The van der Waals surface area contributed by atoms with E-state index in [1.807, 2.05) is 30.3 Å². The smallest absolute Gasteiger partial charge is 0.199 e. The molecular formula is C23H23BrN6O4. The summed E-state index contributed by atoms with van der Waals surface area (Å²) in [6.45, 7) is -0.0967. The van der Waals surface area contributed by atoms with Crippen molar-refractivity contribution >= 4 is 49.5 Å². The van der Waals surface area contributed by atoms with E-state index in [1.165, 1.54) is 6.33 Å². The van der Waals surface area contributed by atoms with Crippen LogP contribution in [0.2, 0.25) is 0 Å². The molecule has 1 aromatic carbocycles. The molecular weight excluding hydrogens is 504 g/mol. The molecule has 6 rings (SSSR count). The second-order valence-corrected chi connectivity index (χ2v) is 9.63. The van der Waals surface area contributed by atoms with Crippen molar-refractivity contribution in [2.75, 3.05) is 24.7 Å². The van der Waals surface area contributed by atoms with Gasteiger partial charge in [-0.05, 0) is 53.0 Å². The Morgan fingerprint density at radius 2 is 2.12 bits per heavy atom. The van der Waals surface area contributed by atoms with Crippen molar-refractivity contribution in [1.29, 1.82) is 0 Å². The molecule has 11 heteroatoms. The lowest BCUT2D eigenvalue weighted by Crippen LogP contribution is -2.57. The highest BCUT2D eigenvalue weighted by Crippen LogP contribution is 2.50. The molecule has 3 aromatic heterocycles. The molecule has 0 radical (unpaired) electrons. The van der Waals surface area contributed by atoms with Gasteiger partial charge in [0.1, 0.15) is 47.2 Å². The number of ether oxygens (including phenoxy) is 2. The lowest BCUT2D eigenvalue weighted by Gasteiger charge is -2.37. The van der Waals surface area contributed by atoms with E-state index in [2.05, 4.69) is 36.2 Å². The molecule has 4 aromatic rings. The van der Waals surface area contributed by atoms with Gasteiger partial charge in [0.05, 0.1) is 22.0 Å². The van der Waals surface area contributed by atoms with E-state index >= 15 is 0 Å². The first-order valence-electron chi connectivity index (χ1n) is 10.9. The quantitative estimate of drug-likeness (QED) is 0.315. The Hall–Kier alpha value is -2.99. The van der Waals surface area contributed by atoms with E-state index in [0.717, 1.165) is 15.2 Å². The minimum absolute atomic E-state index is 0.0967. The molecule has 34 heavy (non-hydrogen) atoms. The van der Waals surface area contributed by atoms with Gasteiger partial charge >= 0.3 is 0 Å². The molecule has 1 aliphatic heterocycles. The van der Waals surface area contributed by atoms with Crippen molar-refractivity contribution < 1.29 is 19.7 Å². The topological polar surface area (TPSA) is 141 Å². The fourth-order valence-corrected chi connectivity index (χ4v) is 5.53. The number of hydrogen-bond donors (Lipinski definition) is 4. The third-order valence-electron chi connectivity index (χ3n) is 6.95. The van der Waals surface area contributed by atoms with Crippen molar-refractivity contribution in [2.24, 2.45) is 0 Å². The van der Waals surface area contributed by atoms with Gasteiger partial charge in [-0.3, -0.25) is 4.57 Å². The molecule has 0 amide bonds. The Bertz CT molecular complexity index is 1430. The van der Waals surface area contributed by atoms with Gasteiger partial charge < -0.3 is 30.7 Å². The zero-order valence-corrected chi connectivity index (χ0v) is 19.9. The van der Waals surface area contributed by atoms with Crippen LogP contribution < -0.4 is 15.8 Å². The van der Waals surface area contributed by atoms with Crippen LogP contribution in [-0.2, 0) is 10.5 Å². The maximum atomic E-state index is 11.7. The number of nitrogens with one attached hydrogen (secondary N) is 1. The number of pyridine rings is 1. The number of aliphatic hydroxyl groups is 2. The summed E-state index contributed by atoms with van der Waals surface area (Å²) in [7, 11) is 1.77. The predicted octanol–water partition coefficient (Wildman–Crippen LogP) is 2.38. The molecule has 5 N–H and O–H groups in total. The van der Waals surface area contributed by atoms with Crippen LogP contribution in [0.1, 0.15) is 12.8 Å². The highest BCUT2D eigenvalue weighted by Gasteiger charge is 2.67. The molecule has 0 bridgehead atoms. The number of halogens is 1. The molecule has 0 spiro atoms. The number of nitrogens with zero attached hydrogens (tertiary/aromatic N) is 4. The van der Waals surface area contributed by atoms with Crippen molar-refractivity contribution in [1.82, 2.24) is 19.5 Å². The molecule has 176 valence electrons. The van der Waals surface area contributed by atoms with Crippen LogP contribution in [0.15, 0.2) is 47.3 Å². The van der Waals surface area contributed by atoms with E-state index in [-0.39, 0.29) is 6.61 Å². The van der Waals surface area contributed by atoms with Gasteiger partial charge in [0.2, 0.25) is 0 Å². The van der Waals surface area contributed by atoms with Gasteiger partial charge in [0, 0.05) is 24.7 Å². The number of fused-ring (bicyclic) bond motifs is 3. The zero-order chi connectivity index (χ0) is 23.7. The van der Waals surface area contributed by atoms with Crippen LogP contribution in [-0.4, -0.2) is 61.2 Å². The normalized spacial score (nSPS) is 28.5. The Morgan fingerprint density at radius 1 is 1.26 bits per heavy atom. The largest absolute Gasteiger partial charge is 0.488 e. The number of nitrogens with two attached hydrogens (primary N) is 1. The summed E-state index contributed by atoms with van der Waals surface area (Å²) in [6, 6.07) is 9.28. The number of benzene rings is 1. The first-order chi connectivity index (χ1) is 16.3. The van der Waals surface area contributed by atoms with Crippen LogP contribution >= 0.6 is 15.9 Å². The molecule has 4 heterocycles. The zero-order valence-electron chi connectivity index (χ0n) is 18.3. The van der Waals surface area contributed by atoms with Crippen LogP contribution in [0.25, 0.3) is 21.9 Å². The van der Waals surface area contributed by atoms with Gasteiger partial charge in [-0.25, -0.2) is 15.0 Å². The average Bonchev–Trinajstić information content (AvgIpc) is 3.48. The van der Waals surface area contributed by atoms with Gasteiger partial charge in [-0.2, -0.15) is 0 Å². The molecule has 2 fully saturated rings. The van der Waals surface area contributed by atoms with Crippen LogP contribution in [0, 0.1) is 0 Å². The van der Waals surface area contributed by atoms with Gasteiger partial charge in [0.25, 0.3) is 0 Å². The third kappa shape index (κ3) is 2.94. The average molecular weight is 527 g/mol. The van der Waals surface area contributed by atoms with E-state index in [0.29, 0.717) is 41.4 Å². The molecule has 2 aliphatic rings. The van der Waals surface area contributed by atoms with Crippen molar-refractivity contribution in [3.63, 3.8) is 0 Å². The Morgan fingerprint density at radius 3 is 2.94 bits per heavy atom. The SMILES string of the molecule is CNc1ncnc2c1ccn2[C@@]1(O)CO[C@@H]2C(Oc3ccc4cc(Br)c(N)nc4c3)CC[C@@]21O. The molecule has 4 atom stereocenters. The van der Waals surface area contributed by atoms with Crippen LogP contribution in [0.5, 0.6) is 5.75 Å². The van der Waals surface area contributed by atoms with E-state index < -0.39 is 23.5 Å². The van der Waals surface area contributed by atoms with Gasteiger partial charge in [-0.15, -0.1) is 0 Å². The standard InChI is InChI=1S/C23H23BrN6O4/c1-26-20-14-5-7-30(21(14)28-11-27-20)23(32)10-33-18-17(4-6-22(18,23)31)34-13-3-2-12-8-15(24)19(25)29-16(12)9-13/h2-3,5,7-9,11,17-18,31-32H,4,6,10H2,1H3,(H2,25,29)(H,26,27,28)/t17?,18-,22-,23-/m1/s1. The number of hydrogen-bond acceptors (Lipinski definition) is 9. The first-order valence-corrected chi connectivity index (χ1v) is 11.7. The van der Waals surface area contributed by atoms with E-state index in [4.69, 9.17) is 15.2 Å². The van der Waals surface area contributed by atoms with Gasteiger partial charge in [0.15, 0.2) is 5.72 Å². The summed E-state index contributed by atoms with van der Waals surface area (Å²) in [5.41, 5.74) is 3.87. The van der Waals surface area contributed by atoms with Gasteiger partial charge in [-0.1, -0.05) is 0 Å². The summed E-state index contributed by atoms with van der Waals surface area (Å²) < 4.78 is 14.5. The lowest BCUT2D eigenvalue weighted by molar-refractivity contribution is -0.174. The van der Waals surface area contributed by atoms with E-state index in [9.17, 15) is 10.2 Å². The molecule has 10 nitrogen and oxygen atoms in total. The van der Waals surface area contributed by atoms with Crippen molar-refractivity contribution in [3.05, 3.63) is 47.3 Å². The Kier molecular flexibility index (Phi) is 4.75. The lowest BCUT2D eigenvalue weighted by atomic mass is 9.89. The highest BCUT2D eigenvalue weighted by molar-refractivity contribution is 9.10. The Labute approximate surface area is 202 Å². The first kappa shape index (κ1) is 21.5. The third-order valence-corrected chi connectivity index (χ3v) is 7.58. The summed E-state index contributed by atoms with van der Waals surface area (Å²) >= 11 is 3.39. The monoisotopic (exact) mass is 526 g/mol. The number of aromatic nitrogens is 4. The maximum absolute atomic E-state index is 11.7. The summed E-state index contributed by atoms with van der Waals surface area (Å²) in [5.74, 6) is 1.63. The fraction of sp³-hybridized carbons (Fsp3) is 0.348. The minimum Gasteiger partial charge on any atom is -0.488 e. The fourth-order valence-electron chi connectivity index (χ4n) is 5.20. The number of rotatable bonds is 4. The summed E-state index contributed by atoms with van der Waals surface area (Å²) in [6.07, 6.45) is 2.76. The molecule has 1 aliphatic carbocycles.